The molecule has 0 radical (unpaired) electrons. The monoisotopic (exact) mass is 327 g/mol. The number of nitrogens with zero attached hydrogens (tertiary/aromatic N) is 4. The van der Waals surface area contributed by atoms with E-state index in [1.54, 1.807) is 0 Å². The molecule has 1 aliphatic rings. The van der Waals surface area contributed by atoms with E-state index < -0.39 is 0 Å². The molecule has 1 amide bonds. The Labute approximate surface area is 142 Å². The lowest BCUT2D eigenvalue weighted by atomic mass is 10.0. The van der Waals surface area contributed by atoms with Crippen LogP contribution in [-0.2, 0) is 4.79 Å². The highest BCUT2D eigenvalue weighted by Gasteiger charge is 2.24. The summed E-state index contributed by atoms with van der Waals surface area (Å²) in [5.41, 5.74) is 0.915. The van der Waals surface area contributed by atoms with Crippen molar-refractivity contribution in [2.24, 2.45) is 0 Å². The third-order valence-corrected chi connectivity index (χ3v) is 4.60. The minimum atomic E-state index is 0.200. The van der Waals surface area contributed by atoms with Crippen LogP contribution in [0.2, 0.25) is 0 Å². The van der Waals surface area contributed by atoms with Gasteiger partial charge < -0.3 is 14.8 Å². The predicted molar refractivity (Wildman–Crippen MR) is 93.8 cm³/mol. The van der Waals surface area contributed by atoms with Crippen LogP contribution in [0.3, 0.4) is 0 Å². The first kappa shape index (κ1) is 16.5. The first-order valence-electron chi connectivity index (χ1n) is 8.59. The fourth-order valence-electron chi connectivity index (χ4n) is 3.09. The fourth-order valence-corrected chi connectivity index (χ4v) is 3.09. The lowest BCUT2D eigenvalue weighted by Gasteiger charge is -2.33. The molecule has 2 aromatic rings. The van der Waals surface area contributed by atoms with Gasteiger partial charge in [-0.3, -0.25) is 4.79 Å². The molecule has 0 aliphatic carbocycles. The SMILES string of the molecule is Cc1ccc(NC2CCN(C(=O)CC(C)n3cccc3)CC2)nn1. The Kier molecular flexibility index (Phi) is 5.13. The number of carbonyl (C=O) groups excluding carboxylic acids is 1. The second kappa shape index (κ2) is 7.47. The number of likely N-dealkylation sites (tertiary alicyclic amines) is 1. The Morgan fingerprint density at radius 1 is 1.25 bits per heavy atom. The van der Waals surface area contributed by atoms with Crippen molar-refractivity contribution in [3.63, 3.8) is 0 Å². The Morgan fingerprint density at radius 2 is 1.96 bits per heavy atom. The van der Waals surface area contributed by atoms with Gasteiger partial charge in [0.25, 0.3) is 0 Å². The number of rotatable bonds is 5. The lowest BCUT2D eigenvalue weighted by Crippen LogP contribution is -2.43. The normalized spacial score (nSPS) is 16.8. The highest BCUT2D eigenvalue weighted by Crippen LogP contribution is 2.18. The van der Waals surface area contributed by atoms with E-state index in [1.165, 1.54) is 0 Å². The molecule has 1 atom stereocenters. The van der Waals surface area contributed by atoms with Gasteiger partial charge >= 0.3 is 0 Å². The Hall–Kier alpha value is -2.37. The summed E-state index contributed by atoms with van der Waals surface area (Å²) >= 11 is 0. The van der Waals surface area contributed by atoms with Crippen molar-refractivity contribution in [3.05, 3.63) is 42.4 Å². The maximum atomic E-state index is 12.5. The fraction of sp³-hybridized carbons (Fsp3) is 0.500. The summed E-state index contributed by atoms with van der Waals surface area (Å²) in [6, 6.07) is 8.45. The van der Waals surface area contributed by atoms with Crippen LogP contribution in [0.15, 0.2) is 36.7 Å². The summed E-state index contributed by atoms with van der Waals surface area (Å²) in [6.07, 6.45) is 6.46. The van der Waals surface area contributed by atoms with E-state index in [0.717, 1.165) is 37.4 Å². The first-order chi connectivity index (χ1) is 11.6. The molecule has 2 aromatic heterocycles. The average Bonchev–Trinajstić information content (AvgIpc) is 3.12. The molecule has 128 valence electrons. The summed E-state index contributed by atoms with van der Waals surface area (Å²) in [4.78, 5) is 14.5. The van der Waals surface area contributed by atoms with Gasteiger partial charge in [-0.25, -0.2) is 0 Å². The van der Waals surface area contributed by atoms with Crippen LogP contribution >= 0.6 is 0 Å². The van der Waals surface area contributed by atoms with Crippen LogP contribution in [0.5, 0.6) is 0 Å². The molecular formula is C18H25N5O. The van der Waals surface area contributed by atoms with E-state index >= 15 is 0 Å². The van der Waals surface area contributed by atoms with Crippen molar-refractivity contribution in [3.8, 4) is 0 Å². The van der Waals surface area contributed by atoms with E-state index in [-0.39, 0.29) is 11.9 Å². The molecule has 0 saturated carbocycles. The number of hydrogen-bond donors (Lipinski definition) is 1. The highest BCUT2D eigenvalue weighted by molar-refractivity contribution is 5.76. The Morgan fingerprint density at radius 3 is 2.58 bits per heavy atom. The quantitative estimate of drug-likeness (QED) is 0.917. The molecule has 6 heteroatoms. The second-order valence-electron chi connectivity index (χ2n) is 6.54. The molecule has 24 heavy (non-hydrogen) atoms. The number of aromatic nitrogens is 3. The van der Waals surface area contributed by atoms with Gasteiger partial charge in [0.1, 0.15) is 5.82 Å². The topological polar surface area (TPSA) is 63.1 Å². The number of nitrogens with one attached hydrogen (secondary N) is 1. The number of hydrogen-bond acceptors (Lipinski definition) is 4. The third kappa shape index (κ3) is 4.13. The van der Waals surface area contributed by atoms with Crippen LogP contribution in [0.25, 0.3) is 0 Å². The average molecular weight is 327 g/mol. The molecule has 3 rings (SSSR count). The van der Waals surface area contributed by atoms with E-state index in [2.05, 4.69) is 27.0 Å². The van der Waals surface area contributed by atoms with Crippen LogP contribution in [0.1, 0.15) is 37.9 Å². The van der Waals surface area contributed by atoms with Gasteiger partial charge in [0.15, 0.2) is 0 Å². The standard InChI is InChI=1S/C18H25N5O/c1-14-5-6-17(21-20-14)19-16-7-11-23(12-8-16)18(24)13-15(2)22-9-3-4-10-22/h3-6,9-10,15-16H,7-8,11-13H2,1-2H3,(H,19,21). The molecule has 1 N–H and O–H groups in total. The summed E-state index contributed by atoms with van der Waals surface area (Å²) in [6.45, 7) is 5.61. The van der Waals surface area contributed by atoms with Gasteiger partial charge in [-0.15, -0.1) is 5.10 Å². The zero-order valence-corrected chi connectivity index (χ0v) is 14.4. The molecule has 1 fully saturated rings. The Balaban J connectivity index is 1.46. The molecular weight excluding hydrogens is 302 g/mol. The summed E-state index contributed by atoms with van der Waals surface area (Å²) < 4.78 is 2.09. The van der Waals surface area contributed by atoms with E-state index in [4.69, 9.17) is 0 Å². The van der Waals surface area contributed by atoms with Gasteiger partial charge in [0.05, 0.1) is 5.69 Å². The van der Waals surface area contributed by atoms with Crippen LogP contribution in [0, 0.1) is 6.92 Å². The number of carbonyl (C=O) groups is 1. The highest BCUT2D eigenvalue weighted by atomic mass is 16.2. The Bertz CT molecular complexity index is 645. The maximum absolute atomic E-state index is 12.5. The predicted octanol–water partition coefficient (Wildman–Crippen LogP) is 2.64. The third-order valence-electron chi connectivity index (χ3n) is 4.60. The molecule has 0 bridgehead atoms. The van der Waals surface area contributed by atoms with Crippen molar-refractivity contribution < 1.29 is 4.79 Å². The van der Waals surface area contributed by atoms with Crippen molar-refractivity contribution in [2.75, 3.05) is 18.4 Å². The molecule has 1 saturated heterocycles. The van der Waals surface area contributed by atoms with Gasteiger partial charge in [0.2, 0.25) is 5.91 Å². The summed E-state index contributed by atoms with van der Waals surface area (Å²) in [5.74, 6) is 1.05. The van der Waals surface area contributed by atoms with E-state index in [1.807, 2.05) is 48.5 Å². The maximum Gasteiger partial charge on any atom is 0.224 e. The zero-order valence-electron chi connectivity index (χ0n) is 14.4. The zero-order chi connectivity index (χ0) is 16.9. The molecule has 0 aromatic carbocycles. The first-order valence-corrected chi connectivity index (χ1v) is 8.59. The van der Waals surface area contributed by atoms with Crippen molar-refractivity contribution in [1.82, 2.24) is 19.7 Å². The largest absolute Gasteiger partial charge is 0.366 e. The van der Waals surface area contributed by atoms with Gasteiger partial charge in [0, 0.05) is 44.0 Å². The lowest BCUT2D eigenvalue weighted by molar-refractivity contribution is -0.132. The molecule has 1 unspecified atom stereocenters. The van der Waals surface area contributed by atoms with Crippen molar-refractivity contribution in [2.45, 2.75) is 45.2 Å². The molecule has 6 nitrogen and oxygen atoms in total. The number of piperidine rings is 1. The van der Waals surface area contributed by atoms with Gasteiger partial charge in [-0.05, 0) is 51.0 Å². The van der Waals surface area contributed by atoms with Crippen LogP contribution in [0.4, 0.5) is 5.82 Å². The van der Waals surface area contributed by atoms with Gasteiger partial charge in [-0.1, -0.05) is 0 Å². The number of amides is 1. The molecule has 3 heterocycles. The minimum Gasteiger partial charge on any atom is -0.366 e. The smallest absolute Gasteiger partial charge is 0.224 e. The van der Waals surface area contributed by atoms with Crippen LogP contribution < -0.4 is 5.32 Å². The van der Waals surface area contributed by atoms with Crippen molar-refractivity contribution in [1.29, 1.82) is 0 Å². The minimum absolute atomic E-state index is 0.200. The summed E-state index contributed by atoms with van der Waals surface area (Å²) in [7, 11) is 0. The summed E-state index contributed by atoms with van der Waals surface area (Å²) in [5, 5.41) is 11.6. The number of anilines is 1. The van der Waals surface area contributed by atoms with E-state index in [0.29, 0.717) is 12.5 Å². The van der Waals surface area contributed by atoms with Crippen molar-refractivity contribution >= 4 is 11.7 Å². The van der Waals surface area contributed by atoms with Crippen LogP contribution in [-0.4, -0.2) is 44.7 Å². The number of aryl methyl sites for hydroxylation is 1. The van der Waals surface area contributed by atoms with E-state index in [9.17, 15) is 4.79 Å². The molecule has 0 spiro atoms. The second-order valence-corrected chi connectivity index (χ2v) is 6.54. The van der Waals surface area contributed by atoms with Gasteiger partial charge in [-0.2, -0.15) is 5.10 Å². The molecule has 1 aliphatic heterocycles.